The molecule has 1 fully saturated rings. The summed E-state index contributed by atoms with van der Waals surface area (Å²) in [5, 5.41) is 21.8. The Morgan fingerprint density at radius 2 is 1.83 bits per heavy atom. The second-order valence-corrected chi connectivity index (χ2v) is 7.74. The monoisotopic (exact) mass is 440 g/mol. The van der Waals surface area contributed by atoms with E-state index in [1.165, 1.54) is 6.20 Å². The Bertz CT molecular complexity index is 971. The van der Waals surface area contributed by atoms with Crippen LogP contribution in [0.5, 0.6) is 0 Å². The van der Waals surface area contributed by atoms with Crippen LogP contribution in [0.3, 0.4) is 0 Å². The zero-order chi connectivity index (χ0) is 21.7. The lowest BCUT2D eigenvalue weighted by atomic mass is 10.0. The van der Waals surface area contributed by atoms with E-state index in [0.29, 0.717) is 36.9 Å². The molecule has 2 atom stereocenters. The van der Waals surface area contributed by atoms with Gasteiger partial charge < -0.3 is 29.6 Å². The van der Waals surface area contributed by atoms with Gasteiger partial charge in [-0.05, 0) is 18.9 Å². The van der Waals surface area contributed by atoms with E-state index >= 15 is 0 Å². The van der Waals surface area contributed by atoms with Crippen LogP contribution in [0, 0.1) is 0 Å². The van der Waals surface area contributed by atoms with Gasteiger partial charge in [-0.2, -0.15) is 0 Å². The number of aromatic carboxylic acids is 1. The number of aromatic nitrogens is 1. The Hall–Kier alpha value is -2.20. The SMILES string of the molecule is O=C(O)CCOCCOCCNC1C=c2c(=O)c(C(=O)O)cn(C3CC3)c2=CC1Cl. The third kappa shape index (κ3) is 5.69. The van der Waals surface area contributed by atoms with Crippen LogP contribution in [-0.2, 0) is 14.3 Å². The first-order valence-corrected chi connectivity index (χ1v) is 10.3. The first-order valence-electron chi connectivity index (χ1n) is 9.85. The fraction of sp³-hybridized carbons (Fsp3) is 0.550. The van der Waals surface area contributed by atoms with E-state index in [4.69, 9.17) is 26.2 Å². The van der Waals surface area contributed by atoms with Crippen molar-refractivity contribution < 1.29 is 29.3 Å². The van der Waals surface area contributed by atoms with Crippen molar-refractivity contribution in [1.29, 1.82) is 0 Å². The van der Waals surface area contributed by atoms with Crippen LogP contribution in [-0.4, -0.2) is 71.1 Å². The minimum Gasteiger partial charge on any atom is -0.481 e. The van der Waals surface area contributed by atoms with Gasteiger partial charge in [-0.1, -0.05) is 6.08 Å². The molecule has 2 aliphatic rings. The Balaban J connectivity index is 1.58. The Morgan fingerprint density at radius 1 is 1.13 bits per heavy atom. The summed E-state index contributed by atoms with van der Waals surface area (Å²) >= 11 is 6.50. The van der Waals surface area contributed by atoms with Crippen LogP contribution in [0.15, 0.2) is 11.0 Å². The maximum Gasteiger partial charge on any atom is 0.341 e. The minimum atomic E-state index is -1.23. The van der Waals surface area contributed by atoms with Gasteiger partial charge in [-0.3, -0.25) is 9.59 Å². The van der Waals surface area contributed by atoms with Crippen LogP contribution in [0.1, 0.15) is 35.7 Å². The molecule has 9 nitrogen and oxygen atoms in total. The number of carbonyl (C=O) groups is 2. The lowest BCUT2D eigenvalue weighted by Gasteiger charge is -2.22. The quantitative estimate of drug-likeness (QED) is 0.294. The van der Waals surface area contributed by atoms with Crippen LogP contribution in [0.25, 0.3) is 12.2 Å². The van der Waals surface area contributed by atoms with Gasteiger partial charge in [0, 0.05) is 35.4 Å². The molecule has 10 heteroatoms. The molecule has 3 rings (SSSR count). The number of pyridine rings is 1. The van der Waals surface area contributed by atoms with E-state index in [2.05, 4.69) is 5.32 Å². The highest BCUT2D eigenvalue weighted by Crippen LogP contribution is 2.33. The van der Waals surface area contributed by atoms with Crippen molar-refractivity contribution in [2.75, 3.05) is 33.0 Å². The zero-order valence-electron chi connectivity index (χ0n) is 16.4. The highest BCUT2D eigenvalue weighted by molar-refractivity contribution is 6.25. The second kappa shape index (κ2) is 10.2. The summed E-state index contributed by atoms with van der Waals surface area (Å²) in [5.41, 5.74) is -0.737. The predicted molar refractivity (Wildman–Crippen MR) is 109 cm³/mol. The number of rotatable bonds is 12. The van der Waals surface area contributed by atoms with Crippen molar-refractivity contribution in [1.82, 2.24) is 9.88 Å². The molecule has 1 aromatic rings. The van der Waals surface area contributed by atoms with Gasteiger partial charge in [-0.15, -0.1) is 11.6 Å². The van der Waals surface area contributed by atoms with E-state index < -0.39 is 22.7 Å². The van der Waals surface area contributed by atoms with Crippen LogP contribution in [0.4, 0.5) is 0 Å². The number of ether oxygens (including phenoxy) is 2. The molecule has 0 aliphatic heterocycles. The Labute approximate surface area is 177 Å². The van der Waals surface area contributed by atoms with E-state index in [9.17, 15) is 19.5 Å². The van der Waals surface area contributed by atoms with Gasteiger partial charge in [-0.25, -0.2) is 4.79 Å². The lowest BCUT2D eigenvalue weighted by Crippen LogP contribution is -2.54. The van der Waals surface area contributed by atoms with E-state index in [-0.39, 0.29) is 30.7 Å². The minimum absolute atomic E-state index is 0.0415. The summed E-state index contributed by atoms with van der Waals surface area (Å²) < 4.78 is 12.4. The van der Waals surface area contributed by atoms with Gasteiger partial charge in [0.15, 0.2) is 0 Å². The molecule has 30 heavy (non-hydrogen) atoms. The van der Waals surface area contributed by atoms with E-state index in [1.54, 1.807) is 12.2 Å². The third-order valence-electron chi connectivity index (χ3n) is 4.95. The molecule has 3 N–H and O–H groups in total. The summed E-state index contributed by atoms with van der Waals surface area (Å²) in [6.07, 6.45) is 6.80. The molecule has 1 saturated carbocycles. The first-order chi connectivity index (χ1) is 14.4. The molecule has 1 aromatic heterocycles. The fourth-order valence-electron chi connectivity index (χ4n) is 3.29. The fourth-order valence-corrected chi connectivity index (χ4v) is 3.57. The number of nitrogens with one attached hydrogen (secondary N) is 1. The number of carboxylic acids is 2. The molecular formula is C20H25ClN2O7. The molecule has 0 bridgehead atoms. The second-order valence-electron chi connectivity index (χ2n) is 7.24. The molecule has 2 aliphatic carbocycles. The molecule has 164 valence electrons. The maximum atomic E-state index is 12.7. The molecule has 0 saturated heterocycles. The van der Waals surface area contributed by atoms with Crippen molar-refractivity contribution in [2.24, 2.45) is 0 Å². The van der Waals surface area contributed by atoms with Crippen molar-refractivity contribution in [3.8, 4) is 0 Å². The number of hydrogen-bond acceptors (Lipinski definition) is 6. The van der Waals surface area contributed by atoms with Crippen molar-refractivity contribution in [3.63, 3.8) is 0 Å². The summed E-state index contributed by atoms with van der Waals surface area (Å²) in [4.78, 5) is 34.5. The molecule has 1 heterocycles. The summed E-state index contributed by atoms with van der Waals surface area (Å²) in [7, 11) is 0. The number of fused-ring (bicyclic) bond motifs is 1. The van der Waals surface area contributed by atoms with Gasteiger partial charge in [0.2, 0.25) is 5.43 Å². The maximum absolute atomic E-state index is 12.7. The summed E-state index contributed by atoms with van der Waals surface area (Å²) in [6, 6.07) is -0.124. The average molecular weight is 441 g/mol. The molecule has 2 unspecified atom stereocenters. The van der Waals surface area contributed by atoms with Gasteiger partial charge in [0.05, 0.1) is 38.2 Å². The lowest BCUT2D eigenvalue weighted by molar-refractivity contribution is -0.138. The standard InChI is InChI=1S/C20H25ClN2O7/c21-15-10-17-13(19(26)14(20(27)28)11-23(17)12-1-2-12)9-16(15)22-4-6-30-8-7-29-5-3-18(24)25/h9-12,15-16,22H,1-8H2,(H,24,25)(H,27,28). The van der Waals surface area contributed by atoms with Gasteiger partial charge in [0.1, 0.15) is 5.56 Å². The van der Waals surface area contributed by atoms with E-state index in [1.807, 2.05) is 4.57 Å². The average Bonchev–Trinajstić information content (AvgIpc) is 3.52. The number of aliphatic carboxylic acids is 1. The van der Waals surface area contributed by atoms with E-state index in [0.717, 1.165) is 12.8 Å². The molecule has 0 aromatic carbocycles. The normalized spacial score (nSPS) is 20.2. The third-order valence-corrected chi connectivity index (χ3v) is 5.34. The van der Waals surface area contributed by atoms with Crippen LogP contribution >= 0.6 is 11.6 Å². The molecule has 0 amide bonds. The van der Waals surface area contributed by atoms with Crippen LogP contribution < -0.4 is 21.3 Å². The van der Waals surface area contributed by atoms with Crippen molar-refractivity contribution >= 4 is 35.7 Å². The van der Waals surface area contributed by atoms with Crippen LogP contribution in [0.2, 0.25) is 0 Å². The number of nitrogens with zero attached hydrogens (tertiary/aromatic N) is 1. The molecular weight excluding hydrogens is 416 g/mol. The molecule has 0 radical (unpaired) electrons. The Morgan fingerprint density at radius 3 is 2.47 bits per heavy atom. The number of halogens is 1. The number of alkyl halides is 1. The van der Waals surface area contributed by atoms with Gasteiger partial charge >= 0.3 is 11.9 Å². The zero-order valence-corrected chi connectivity index (χ0v) is 17.1. The topological polar surface area (TPSA) is 127 Å². The first kappa shape index (κ1) is 22.5. The molecule has 0 spiro atoms. The largest absolute Gasteiger partial charge is 0.481 e. The highest BCUT2D eigenvalue weighted by Gasteiger charge is 2.28. The summed E-state index contributed by atoms with van der Waals surface area (Å²) in [5.74, 6) is -2.14. The highest BCUT2D eigenvalue weighted by atomic mass is 35.5. The summed E-state index contributed by atoms with van der Waals surface area (Å²) in [6.45, 7) is 1.64. The van der Waals surface area contributed by atoms with Crippen molar-refractivity contribution in [2.45, 2.75) is 36.7 Å². The number of carboxylic acid groups (broad SMARTS) is 2. The Kier molecular flexibility index (Phi) is 7.65. The number of hydrogen-bond donors (Lipinski definition) is 3. The smallest absolute Gasteiger partial charge is 0.341 e. The predicted octanol–water partition coefficient (Wildman–Crippen LogP) is -0.470. The van der Waals surface area contributed by atoms with Gasteiger partial charge in [0.25, 0.3) is 0 Å². The van der Waals surface area contributed by atoms with Crippen molar-refractivity contribution in [3.05, 3.63) is 32.6 Å².